The predicted molar refractivity (Wildman–Crippen MR) is 145 cm³/mol. The van der Waals surface area contributed by atoms with Crippen molar-refractivity contribution in [3.63, 3.8) is 0 Å². The van der Waals surface area contributed by atoms with Crippen LogP contribution in [0.25, 0.3) is 0 Å². The molecule has 3 aromatic carbocycles. The van der Waals surface area contributed by atoms with E-state index >= 15 is 0 Å². The maximum atomic E-state index is 13.6. The van der Waals surface area contributed by atoms with Gasteiger partial charge in [-0.25, -0.2) is 0 Å². The highest BCUT2D eigenvalue weighted by Gasteiger charge is 2.31. The molecule has 0 fully saturated rings. The predicted octanol–water partition coefficient (Wildman–Crippen LogP) is 5.89. The molecule has 0 saturated carbocycles. The van der Waals surface area contributed by atoms with Crippen molar-refractivity contribution in [2.45, 2.75) is 52.6 Å². The first-order chi connectivity index (χ1) is 17.4. The van der Waals surface area contributed by atoms with Crippen LogP contribution in [0.3, 0.4) is 0 Å². The number of nitrogens with one attached hydrogen (secondary N) is 1. The van der Waals surface area contributed by atoms with E-state index in [1.807, 2.05) is 74.5 Å². The monoisotopic (exact) mass is 506 g/mol. The van der Waals surface area contributed by atoms with Gasteiger partial charge in [0, 0.05) is 24.5 Å². The van der Waals surface area contributed by atoms with E-state index in [2.05, 4.69) is 18.3 Å². The fourth-order valence-corrected chi connectivity index (χ4v) is 4.31. The van der Waals surface area contributed by atoms with E-state index in [9.17, 15) is 9.59 Å². The molecule has 0 spiro atoms. The van der Waals surface area contributed by atoms with Gasteiger partial charge in [-0.3, -0.25) is 9.59 Å². The summed E-state index contributed by atoms with van der Waals surface area (Å²) in [6, 6.07) is 22.3. The van der Waals surface area contributed by atoms with Crippen LogP contribution < -0.4 is 10.1 Å². The molecule has 36 heavy (non-hydrogen) atoms. The van der Waals surface area contributed by atoms with Crippen LogP contribution in [0, 0.1) is 13.8 Å². The lowest BCUT2D eigenvalue weighted by Crippen LogP contribution is -2.51. The summed E-state index contributed by atoms with van der Waals surface area (Å²) in [7, 11) is 0. The molecular formula is C30H35ClN2O3. The zero-order valence-corrected chi connectivity index (χ0v) is 22.1. The molecule has 3 rings (SSSR count). The second kappa shape index (κ2) is 13.7. The van der Waals surface area contributed by atoms with Gasteiger partial charge in [-0.1, -0.05) is 79.5 Å². The van der Waals surface area contributed by atoms with Crippen molar-refractivity contribution >= 4 is 23.4 Å². The molecule has 0 aliphatic heterocycles. The van der Waals surface area contributed by atoms with Crippen molar-refractivity contribution in [1.82, 2.24) is 10.2 Å². The van der Waals surface area contributed by atoms with E-state index < -0.39 is 6.04 Å². The van der Waals surface area contributed by atoms with Gasteiger partial charge in [-0.05, 0) is 60.7 Å². The molecule has 0 aromatic heterocycles. The van der Waals surface area contributed by atoms with Gasteiger partial charge in [0.25, 0.3) is 5.91 Å². The number of hydrogen-bond donors (Lipinski definition) is 1. The van der Waals surface area contributed by atoms with Gasteiger partial charge in [-0.15, -0.1) is 0 Å². The van der Waals surface area contributed by atoms with Gasteiger partial charge in [0.1, 0.15) is 11.8 Å². The number of ether oxygens (including phenoxy) is 1. The average Bonchev–Trinajstić information content (AvgIpc) is 2.86. The van der Waals surface area contributed by atoms with Crippen molar-refractivity contribution in [2.75, 3.05) is 13.2 Å². The summed E-state index contributed by atoms with van der Waals surface area (Å²) in [5, 5.41) is 3.57. The highest BCUT2D eigenvalue weighted by Crippen LogP contribution is 2.21. The number of aryl methyl sites for hydroxylation is 2. The maximum absolute atomic E-state index is 13.6. The lowest BCUT2D eigenvalue weighted by Gasteiger charge is -2.31. The molecule has 0 bridgehead atoms. The Morgan fingerprint density at radius 2 is 1.64 bits per heavy atom. The number of nitrogens with zero attached hydrogens (tertiary/aromatic N) is 1. The van der Waals surface area contributed by atoms with Gasteiger partial charge >= 0.3 is 0 Å². The lowest BCUT2D eigenvalue weighted by atomic mass is 10.0. The summed E-state index contributed by atoms with van der Waals surface area (Å²) < 4.78 is 5.90. The molecule has 0 radical (unpaired) electrons. The molecule has 0 heterocycles. The van der Waals surface area contributed by atoms with E-state index in [1.165, 1.54) is 0 Å². The fraction of sp³-hybridized carbons (Fsp3) is 0.333. The molecule has 0 aliphatic carbocycles. The molecule has 6 heteroatoms. The van der Waals surface area contributed by atoms with Crippen LogP contribution in [-0.4, -0.2) is 35.9 Å². The summed E-state index contributed by atoms with van der Waals surface area (Å²) in [6.07, 6.45) is 2.23. The number of carbonyl (C=O) groups excluding carboxylic acids is 2. The summed E-state index contributed by atoms with van der Waals surface area (Å²) in [5.74, 6) is 0.172. The summed E-state index contributed by atoms with van der Waals surface area (Å²) in [6.45, 7) is 6.64. The quantitative estimate of drug-likeness (QED) is 0.311. The van der Waals surface area contributed by atoms with Crippen LogP contribution in [0.1, 0.15) is 42.0 Å². The molecule has 0 saturated heterocycles. The third kappa shape index (κ3) is 8.13. The zero-order valence-electron chi connectivity index (χ0n) is 21.3. The molecule has 5 nitrogen and oxygen atoms in total. The molecule has 1 atom stereocenters. The standard InChI is InChI=1S/C30H35ClN2O3/c1-4-5-15-32-30(35)28(19-24-11-7-6-8-12-24)33(20-25-13-9-10-14-27(25)31)29(34)21-36-26-17-22(2)16-23(3)18-26/h6-14,16-18,28H,4-5,15,19-21H2,1-3H3,(H,32,35). The van der Waals surface area contributed by atoms with Crippen LogP contribution in [-0.2, 0) is 22.6 Å². The number of amides is 2. The number of hydrogen-bond acceptors (Lipinski definition) is 3. The lowest BCUT2D eigenvalue weighted by molar-refractivity contribution is -0.142. The zero-order chi connectivity index (χ0) is 25.9. The van der Waals surface area contributed by atoms with Crippen molar-refractivity contribution in [2.24, 2.45) is 0 Å². The van der Waals surface area contributed by atoms with E-state index in [0.717, 1.165) is 35.1 Å². The van der Waals surface area contributed by atoms with Gasteiger partial charge in [0.05, 0.1) is 0 Å². The number of benzene rings is 3. The molecule has 190 valence electrons. The van der Waals surface area contributed by atoms with E-state index in [4.69, 9.17) is 16.3 Å². The fourth-order valence-electron chi connectivity index (χ4n) is 4.11. The van der Waals surface area contributed by atoms with Crippen molar-refractivity contribution in [1.29, 1.82) is 0 Å². The van der Waals surface area contributed by atoms with Gasteiger partial charge in [0.2, 0.25) is 5.91 Å². The van der Waals surface area contributed by atoms with Gasteiger partial charge in [-0.2, -0.15) is 0 Å². The van der Waals surface area contributed by atoms with Crippen LogP contribution >= 0.6 is 11.6 Å². The first-order valence-corrected chi connectivity index (χ1v) is 12.8. The Kier molecular flexibility index (Phi) is 10.4. The largest absolute Gasteiger partial charge is 0.484 e. The van der Waals surface area contributed by atoms with E-state index in [0.29, 0.717) is 23.7 Å². The number of rotatable bonds is 12. The Balaban J connectivity index is 1.90. The second-order valence-electron chi connectivity index (χ2n) is 9.08. The van der Waals surface area contributed by atoms with Crippen molar-refractivity contribution in [3.05, 3.63) is 100 Å². The normalized spacial score (nSPS) is 11.6. The third-order valence-corrected chi connectivity index (χ3v) is 6.33. The maximum Gasteiger partial charge on any atom is 0.261 e. The minimum atomic E-state index is -0.712. The Morgan fingerprint density at radius 3 is 2.31 bits per heavy atom. The summed E-state index contributed by atoms with van der Waals surface area (Å²) in [4.78, 5) is 28.7. The first kappa shape index (κ1) is 27.3. The SMILES string of the molecule is CCCCNC(=O)C(Cc1ccccc1)N(Cc1ccccc1Cl)C(=O)COc1cc(C)cc(C)c1. The van der Waals surface area contributed by atoms with E-state index in [-0.39, 0.29) is 25.0 Å². The topological polar surface area (TPSA) is 58.6 Å². The van der Waals surface area contributed by atoms with E-state index in [1.54, 1.807) is 11.0 Å². The highest BCUT2D eigenvalue weighted by molar-refractivity contribution is 6.31. The third-order valence-electron chi connectivity index (χ3n) is 5.96. The van der Waals surface area contributed by atoms with Crippen molar-refractivity contribution < 1.29 is 14.3 Å². The highest BCUT2D eigenvalue weighted by atomic mass is 35.5. The molecular weight excluding hydrogens is 472 g/mol. The minimum absolute atomic E-state index is 0.180. The molecule has 1 N–H and O–H groups in total. The Morgan fingerprint density at radius 1 is 0.972 bits per heavy atom. The Labute approximate surface area is 219 Å². The molecule has 1 unspecified atom stereocenters. The second-order valence-corrected chi connectivity index (χ2v) is 9.48. The van der Waals surface area contributed by atoms with Gasteiger partial charge in [0.15, 0.2) is 6.61 Å². The number of halogens is 1. The van der Waals surface area contributed by atoms with Crippen LogP contribution in [0.15, 0.2) is 72.8 Å². The summed E-state index contributed by atoms with van der Waals surface area (Å²) >= 11 is 6.46. The first-order valence-electron chi connectivity index (χ1n) is 12.4. The number of carbonyl (C=O) groups is 2. The van der Waals surface area contributed by atoms with Gasteiger partial charge < -0.3 is 15.0 Å². The van der Waals surface area contributed by atoms with Crippen LogP contribution in [0.4, 0.5) is 0 Å². The van der Waals surface area contributed by atoms with Crippen LogP contribution in [0.2, 0.25) is 5.02 Å². The molecule has 0 aliphatic rings. The minimum Gasteiger partial charge on any atom is -0.484 e. The Hall–Kier alpha value is -3.31. The Bertz CT molecular complexity index is 1130. The molecule has 2 amide bonds. The summed E-state index contributed by atoms with van der Waals surface area (Å²) in [5.41, 5.74) is 3.86. The van der Waals surface area contributed by atoms with Crippen molar-refractivity contribution in [3.8, 4) is 5.75 Å². The molecule has 3 aromatic rings. The van der Waals surface area contributed by atoms with Crippen LogP contribution in [0.5, 0.6) is 5.75 Å². The smallest absolute Gasteiger partial charge is 0.261 e. The average molecular weight is 507 g/mol. The number of unbranched alkanes of at least 4 members (excludes halogenated alkanes) is 1.